The molecule has 1 aliphatic carbocycles. The van der Waals surface area contributed by atoms with Crippen LogP contribution < -0.4 is 15.6 Å². The van der Waals surface area contributed by atoms with Crippen molar-refractivity contribution in [3.8, 4) is 11.4 Å². The number of fused-ring (bicyclic) bond motifs is 3. The summed E-state index contributed by atoms with van der Waals surface area (Å²) in [6.45, 7) is 2.86. The average Bonchev–Trinajstić information content (AvgIpc) is 3.44. The Morgan fingerprint density at radius 1 is 1.21 bits per heavy atom. The number of pyridine rings is 1. The summed E-state index contributed by atoms with van der Waals surface area (Å²) in [7, 11) is 0. The lowest BCUT2D eigenvalue weighted by Crippen LogP contribution is -2.26. The number of nitrogens with one attached hydrogen (secondary N) is 1. The molecule has 174 valence electrons. The van der Waals surface area contributed by atoms with Gasteiger partial charge in [-0.3, -0.25) is 19.1 Å². The molecule has 1 N–H and O–H groups in total. The Bertz CT molecular complexity index is 1380. The Morgan fingerprint density at radius 3 is 2.82 bits per heavy atom. The van der Waals surface area contributed by atoms with Crippen LogP contribution in [0.3, 0.4) is 0 Å². The van der Waals surface area contributed by atoms with E-state index in [1.54, 1.807) is 22.1 Å². The molecule has 0 radical (unpaired) electrons. The number of thioether (sulfide) groups is 1. The highest BCUT2D eigenvalue weighted by Gasteiger charge is 2.24. The average molecular weight is 493 g/mol. The third kappa shape index (κ3) is 4.58. The van der Waals surface area contributed by atoms with E-state index in [-0.39, 0.29) is 17.2 Å². The van der Waals surface area contributed by atoms with E-state index in [1.807, 2.05) is 49.4 Å². The fourth-order valence-corrected chi connectivity index (χ4v) is 6.23. The molecule has 4 aromatic rings. The van der Waals surface area contributed by atoms with E-state index in [0.717, 1.165) is 46.5 Å². The van der Waals surface area contributed by atoms with Crippen LogP contribution in [-0.4, -0.2) is 32.8 Å². The number of rotatable bonds is 8. The van der Waals surface area contributed by atoms with Crippen molar-refractivity contribution in [3.63, 3.8) is 0 Å². The second-order valence-electron chi connectivity index (χ2n) is 7.89. The third-order valence-electron chi connectivity index (χ3n) is 5.64. The van der Waals surface area contributed by atoms with Crippen molar-refractivity contribution < 1.29 is 9.53 Å². The smallest absolute Gasteiger partial charge is 0.267 e. The van der Waals surface area contributed by atoms with Crippen LogP contribution in [0.1, 0.15) is 29.5 Å². The molecule has 0 aliphatic heterocycles. The molecule has 3 aromatic heterocycles. The van der Waals surface area contributed by atoms with E-state index < -0.39 is 0 Å². The number of hydrogen-bond donors (Lipinski definition) is 1. The monoisotopic (exact) mass is 492 g/mol. The van der Waals surface area contributed by atoms with E-state index in [9.17, 15) is 9.59 Å². The van der Waals surface area contributed by atoms with Crippen molar-refractivity contribution in [1.82, 2.24) is 19.9 Å². The fourth-order valence-electron chi connectivity index (χ4n) is 4.08. The number of carbonyl (C=O) groups excluding carboxylic acids is 1. The Kier molecular flexibility index (Phi) is 6.64. The molecule has 0 atom stereocenters. The summed E-state index contributed by atoms with van der Waals surface area (Å²) < 4.78 is 7.18. The molecule has 0 bridgehead atoms. The molecule has 1 amide bonds. The van der Waals surface area contributed by atoms with Gasteiger partial charge in [-0.15, -0.1) is 11.3 Å². The largest absolute Gasteiger partial charge is 0.494 e. The normalized spacial score (nSPS) is 12.6. The predicted molar refractivity (Wildman–Crippen MR) is 135 cm³/mol. The van der Waals surface area contributed by atoms with Gasteiger partial charge in [-0.25, -0.2) is 4.98 Å². The van der Waals surface area contributed by atoms with Crippen LogP contribution in [0, 0.1) is 0 Å². The summed E-state index contributed by atoms with van der Waals surface area (Å²) in [5.41, 5.74) is 2.56. The minimum Gasteiger partial charge on any atom is -0.494 e. The summed E-state index contributed by atoms with van der Waals surface area (Å²) in [6.07, 6.45) is 4.69. The summed E-state index contributed by atoms with van der Waals surface area (Å²) in [5.74, 6) is 0.747. The number of aryl methyl sites for hydroxylation is 2. The zero-order chi connectivity index (χ0) is 23.5. The molecule has 0 fully saturated rings. The lowest BCUT2D eigenvalue weighted by molar-refractivity contribution is -0.118. The molecule has 0 saturated carbocycles. The van der Waals surface area contributed by atoms with Gasteiger partial charge in [0, 0.05) is 11.1 Å². The van der Waals surface area contributed by atoms with Gasteiger partial charge in [0.1, 0.15) is 10.6 Å². The van der Waals surface area contributed by atoms with Crippen molar-refractivity contribution >= 4 is 39.2 Å². The molecule has 9 heteroatoms. The van der Waals surface area contributed by atoms with Gasteiger partial charge >= 0.3 is 0 Å². The first-order valence-electron chi connectivity index (χ1n) is 11.2. The van der Waals surface area contributed by atoms with Crippen LogP contribution in [-0.2, 0) is 24.2 Å². The molecular formula is C25H24N4O3S2. The molecule has 7 nitrogen and oxygen atoms in total. The maximum absolute atomic E-state index is 13.7. The topological polar surface area (TPSA) is 86.1 Å². The quantitative estimate of drug-likeness (QED) is 0.294. The van der Waals surface area contributed by atoms with Crippen molar-refractivity contribution in [2.24, 2.45) is 0 Å². The lowest BCUT2D eigenvalue weighted by Gasteiger charge is -2.13. The Balaban J connectivity index is 1.45. The summed E-state index contributed by atoms with van der Waals surface area (Å²) in [5, 5.41) is 4.11. The number of hydrogen-bond acceptors (Lipinski definition) is 7. The summed E-state index contributed by atoms with van der Waals surface area (Å²) >= 11 is 2.87. The minimum atomic E-state index is -0.142. The van der Waals surface area contributed by atoms with E-state index in [4.69, 9.17) is 9.72 Å². The lowest BCUT2D eigenvalue weighted by atomic mass is 10.2. The molecule has 5 rings (SSSR count). The molecule has 34 heavy (non-hydrogen) atoms. The third-order valence-corrected chi connectivity index (χ3v) is 7.76. The fraction of sp³-hybridized carbons (Fsp3) is 0.280. The predicted octanol–water partition coefficient (Wildman–Crippen LogP) is 4.14. The Labute approximate surface area is 205 Å². The second-order valence-corrected chi connectivity index (χ2v) is 9.91. The van der Waals surface area contributed by atoms with Crippen molar-refractivity contribution in [2.45, 2.75) is 37.9 Å². The van der Waals surface area contributed by atoms with Gasteiger partial charge < -0.3 is 10.1 Å². The van der Waals surface area contributed by atoms with Gasteiger partial charge in [-0.2, -0.15) is 0 Å². The first-order valence-corrected chi connectivity index (χ1v) is 13.0. The molecule has 0 unspecified atom stereocenters. The molecule has 0 saturated heterocycles. The maximum atomic E-state index is 13.7. The van der Waals surface area contributed by atoms with Crippen LogP contribution in [0.2, 0.25) is 0 Å². The number of thiophene rings is 1. The summed E-state index contributed by atoms with van der Waals surface area (Å²) in [6, 6.07) is 13.0. The van der Waals surface area contributed by atoms with Crippen LogP contribution in [0.5, 0.6) is 5.75 Å². The first-order chi connectivity index (χ1) is 16.6. The molecular weight excluding hydrogens is 468 g/mol. The molecule has 1 aromatic carbocycles. The van der Waals surface area contributed by atoms with Gasteiger partial charge in [0.2, 0.25) is 5.91 Å². The highest BCUT2D eigenvalue weighted by Crippen LogP contribution is 2.36. The second kappa shape index (κ2) is 9.99. The minimum absolute atomic E-state index is 0.0787. The Morgan fingerprint density at radius 2 is 2.06 bits per heavy atom. The number of benzene rings is 1. The molecule has 3 heterocycles. The molecule has 1 aliphatic rings. The van der Waals surface area contributed by atoms with E-state index in [1.165, 1.54) is 16.6 Å². The van der Waals surface area contributed by atoms with Gasteiger partial charge in [0.05, 0.1) is 35.7 Å². The summed E-state index contributed by atoms with van der Waals surface area (Å²) in [4.78, 5) is 37.3. The number of carbonyl (C=O) groups is 1. The molecule has 0 spiro atoms. The number of nitrogens with zero attached hydrogens (tertiary/aromatic N) is 3. The van der Waals surface area contributed by atoms with Crippen LogP contribution >= 0.6 is 23.1 Å². The Hall–Kier alpha value is -3.17. The highest BCUT2D eigenvalue weighted by molar-refractivity contribution is 7.99. The highest BCUT2D eigenvalue weighted by atomic mass is 32.2. The van der Waals surface area contributed by atoms with Crippen LogP contribution in [0.25, 0.3) is 15.9 Å². The first kappa shape index (κ1) is 22.6. The number of ether oxygens (including phenoxy) is 1. The van der Waals surface area contributed by atoms with Gasteiger partial charge in [0.15, 0.2) is 5.16 Å². The van der Waals surface area contributed by atoms with Crippen molar-refractivity contribution in [3.05, 3.63) is 75.1 Å². The van der Waals surface area contributed by atoms with Gasteiger partial charge in [-0.1, -0.05) is 17.8 Å². The van der Waals surface area contributed by atoms with Crippen molar-refractivity contribution in [2.75, 3.05) is 12.4 Å². The van der Waals surface area contributed by atoms with Crippen LogP contribution in [0.4, 0.5) is 0 Å². The zero-order valence-corrected chi connectivity index (χ0v) is 20.4. The van der Waals surface area contributed by atoms with Gasteiger partial charge in [0.25, 0.3) is 5.56 Å². The number of aromatic nitrogens is 3. The SMILES string of the molecule is CCOc1ccc(-n2c(SCC(=O)NCc3ccccn3)nc3sc4c(c3c2=O)CCC4)cc1. The van der Waals surface area contributed by atoms with Crippen molar-refractivity contribution in [1.29, 1.82) is 0 Å². The maximum Gasteiger partial charge on any atom is 0.267 e. The van der Waals surface area contributed by atoms with E-state index in [0.29, 0.717) is 24.0 Å². The van der Waals surface area contributed by atoms with E-state index in [2.05, 4.69) is 10.3 Å². The number of amides is 1. The van der Waals surface area contributed by atoms with Crippen LogP contribution in [0.15, 0.2) is 58.6 Å². The van der Waals surface area contributed by atoms with Gasteiger partial charge in [-0.05, 0) is 68.1 Å². The zero-order valence-electron chi connectivity index (χ0n) is 18.7. The van der Waals surface area contributed by atoms with E-state index >= 15 is 0 Å². The standard InChI is InChI=1S/C25H24N4O3S2/c1-2-32-18-11-9-17(10-12-18)29-24(31)22-19-7-5-8-20(19)34-23(22)28-25(29)33-15-21(30)27-14-16-6-3-4-13-26-16/h3-4,6,9-13H,2,5,7-8,14-15H2,1H3,(H,27,30).